The Morgan fingerprint density at radius 1 is 1.22 bits per heavy atom. The van der Waals surface area contributed by atoms with Crippen LogP contribution in [0.25, 0.3) is 22.3 Å². The fourth-order valence-corrected chi connectivity index (χ4v) is 2.15. The average Bonchev–Trinajstić information content (AvgIpc) is 2.69. The lowest BCUT2D eigenvalue weighted by atomic mass is 10.1. The Bertz CT molecular complexity index is 736. The van der Waals surface area contributed by atoms with Gasteiger partial charge in [-0.05, 0) is 25.1 Å². The van der Waals surface area contributed by atoms with E-state index in [1.54, 1.807) is 31.2 Å². The van der Waals surface area contributed by atoms with Crippen molar-refractivity contribution in [3.05, 3.63) is 47.1 Å². The molecule has 0 radical (unpaired) electrons. The Morgan fingerprint density at radius 3 is 2.78 bits per heavy atom. The molecule has 0 aliphatic heterocycles. The van der Waals surface area contributed by atoms with Crippen LogP contribution >= 0.6 is 11.6 Å². The molecule has 0 saturated carbocycles. The van der Waals surface area contributed by atoms with Crippen LogP contribution in [0.2, 0.25) is 5.15 Å². The minimum Gasteiger partial charge on any atom is -0.330 e. The molecule has 90 valence electrons. The third-order valence-electron chi connectivity index (χ3n) is 2.70. The van der Waals surface area contributed by atoms with Gasteiger partial charge in [0, 0.05) is 10.9 Å². The van der Waals surface area contributed by atoms with Crippen molar-refractivity contribution >= 4 is 22.6 Å². The highest BCUT2D eigenvalue weighted by atomic mass is 35.5. The maximum absolute atomic E-state index is 13.8. The number of benzene rings is 1. The van der Waals surface area contributed by atoms with Gasteiger partial charge < -0.3 is 4.98 Å². The van der Waals surface area contributed by atoms with Crippen molar-refractivity contribution < 1.29 is 4.39 Å². The number of aryl methyl sites for hydroxylation is 1. The molecule has 2 heterocycles. The Hall–Kier alpha value is -1.94. The fourth-order valence-electron chi connectivity index (χ4n) is 1.95. The third kappa shape index (κ3) is 1.75. The summed E-state index contributed by atoms with van der Waals surface area (Å²) in [6.45, 7) is 1.76. The van der Waals surface area contributed by atoms with E-state index in [1.807, 2.05) is 0 Å². The first kappa shape index (κ1) is 11.2. The van der Waals surface area contributed by atoms with Crippen LogP contribution in [0, 0.1) is 12.7 Å². The molecule has 18 heavy (non-hydrogen) atoms. The number of nitrogens with one attached hydrogen (secondary N) is 1. The highest BCUT2D eigenvalue weighted by Crippen LogP contribution is 2.29. The van der Waals surface area contributed by atoms with Crippen LogP contribution in [0.1, 0.15) is 5.82 Å². The van der Waals surface area contributed by atoms with Crippen molar-refractivity contribution in [1.29, 1.82) is 0 Å². The van der Waals surface area contributed by atoms with Crippen LogP contribution < -0.4 is 0 Å². The average molecular weight is 262 g/mol. The second kappa shape index (κ2) is 4.07. The quantitative estimate of drug-likeness (QED) is 0.725. The number of hydrogen-bond donors (Lipinski definition) is 1. The first-order valence-electron chi connectivity index (χ1n) is 5.43. The topological polar surface area (TPSA) is 41.6 Å². The van der Waals surface area contributed by atoms with Crippen LogP contribution in [0.4, 0.5) is 4.39 Å². The monoisotopic (exact) mass is 261 g/mol. The molecule has 0 unspecified atom stereocenters. The highest BCUT2D eigenvalue weighted by Gasteiger charge is 2.13. The first-order valence-corrected chi connectivity index (χ1v) is 5.81. The van der Waals surface area contributed by atoms with Gasteiger partial charge in [-0.3, -0.25) is 0 Å². The van der Waals surface area contributed by atoms with Gasteiger partial charge in [0.15, 0.2) is 0 Å². The van der Waals surface area contributed by atoms with Gasteiger partial charge in [0.2, 0.25) is 0 Å². The summed E-state index contributed by atoms with van der Waals surface area (Å²) >= 11 is 5.92. The summed E-state index contributed by atoms with van der Waals surface area (Å²) in [5.74, 6) is 0.258. The maximum Gasteiger partial charge on any atom is 0.142 e. The number of nitrogens with zero attached hydrogens (tertiary/aromatic N) is 2. The SMILES string of the molecule is Cc1nc(-c2ccccc2F)c2cc(Cl)[nH]c2n1. The smallest absolute Gasteiger partial charge is 0.142 e. The van der Waals surface area contributed by atoms with E-state index in [-0.39, 0.29) is 5.82 Å². The van der Waals surface area contributed by atoms with Gasteiger partial charge in [-0.25, -0.2) is 14.4 Å². The second-order valence-corrected chi connectivity index (χ2v) is 4.39. The molecule has 0 atom stereocenters. The van der Waals surface area contributed by atoms with E-state index in [2.05, 4.69) is 15.0 Å². The Balaban J connectivity index is 2.38. The van der Waals surface area contributed by atoms with Crippen molar-refractivity contribution in [2.24, 2.45) is 0 Å². The molecule has 2 aromatic heterocycles. The normalized spacial score (nSPS) is 11.1. The zero-order chi connectivity index (χ0) is 12.7. The molecule has 0 spiro atoms. The molecule has 3 nitrogen and oxygen atoms in total. The Kier molecular flexibility index (Phi) is 2.52. The van der Waals surface area contributed by atoms with Gasteiger partial charge in [0.05, 0.1) is 5.69 Å². The van der Waals surface area contributed by atoms with E-state index in [1.165, 1.54) is 6.07 Å². The number of hydrogen-bond acceptors (Lipinski definition) is 2. The van der Waals surface area contributed by atoms with Gasteiger partial charge in [0.1, 0.15) is 22.4 Å². The summed E-state index contributed by atoms with van der Waals surface area (Å²) in [6.07, 6.45) is 0. The lowest BCUT2D eigenvalue weighted by molar-refractivity contribution is 0.631. The minimum absolute atomic E-state index is 0.311. The predicted octanol–water partition coefficient (Wildman–Crippen LogP) is 3.73. The summed E-state index contributed by atoms with van der Waals surface area (Å²) in [5.41, 5.74) is 1.62. The number of H-pyrrole nitrogens is 1. The fraction of sp³-hybridized carbons (Fsp3) is 0.0769. The largest absolute Gasteiger partial charge is 0.330 e. The zero-order valence-corrected chi connectivity index (χ0v) is 10.3. The van der Waals surface area contributed by atoms with E-state index in [0.717, 1.165) is 5.39 Å². The van der Waals surface area contributed by atoms with Crippen LogP contribution in [0.15, 0.2) is 30.3 Å². The maximum atomic E-state index is 13.8. The van der Waals surface area contributed by atoms with Crippen molar-refractivity contribution in [1.82, 2.24) is 15.0 Å². The third-order valence-corrected chi connectivity index (χ3v) is 2.90. The summed E-state index contributed by atoms with van der Waals surface area (Å²) in [6, 6.07) is 8.23. The van der Waals surface area contributed by atoms with Gasteiger partial charge in [-0.1, -0.05) is 23.7 Å². The van der Waals surface area contributed by atoms with E-state index in [4.69, 9.17) is 11.6 Å². The molecule has 5 heteroatoms. The lowest BCUT2D eigenvalue weighted by Crippen LogP contribution is -1.94. The molecule has 3 rings (SSSR count). The number of aromatic amines is 1. The van der Waals surface area contributed by atoms with Gasteiger partial charge in [-0.15, -0.1) is 0 Å². The zero-order valence-electron chi connectivity index (χ0n) is 9.54. The van der Waals surface area contributed by atoms with E-state index in [9.17, 15) is 4.39 Å². The molecule has 0 amide bonds. The number of halogens is 2. The van der Waals surface area contributed by atoms with Gasteiger partial charge >= 0.3 is 0 Å². The van der Waals surface area contributed by atoms with Crippen molar-refractivity contribution in [2.75, 3.05) is 0 Å². The summed E-state index contributed by atoms with van der Waals surface area (Å²) < 4.78 is 13.8. The number of fused-ring (bicyclic) bond motifs is 1. The predicted molar refractivity (Wildman–Crippen MR) is 69.0 cm³/mol. The molecular weight excluding hydrogens is 253 g/mol. The molecule has 3 aromatic rings. The minimum atomic E-state index is -0.311. The van der Waals surface area contributed by atoms with E-state index in [0.29, 0.717) is 27.9 Å². The van der Waals surface area contributed by atoms with Crippen molar-refractivity contribution in [3.8, 4) is 11.3 Å². The highest BCUT2D eigenvalue weighted by molar-refractivity contribution is 6.30. The molecule has 1 N–H and O–H groups in total. The standard InChI is InChI=1S/C13H9ClFN3/c1-7-16-12(8-4-2-3-5-10(8)15)9-6-11(14)18-13(9)17-7/h2-6H,1H3,(H,16,17,18). The molecular formula is C13H9ClFN3. The van der Waals surface area contributed by atoms with Gasteiger partial charge in [-0.2, -0.15) is 0 Å². The molecule has 1 aromatic carbocycles. The summed E-state index contributed by atoms with van der Waals surface area (Å²) in [7, 11) is 0. The van der Waals surface area contributed by atoms with Crippen molar-refractivity contribution in [2.45, 2.75) is 6.92 Å². The van der Waals surface area contributed by atoms with Crippen LogP contribution in [-0.2, 0) is 0 Å². The number of rotatable bonds is 1. The Morgan fingerprint density at radius 2 is 2.00 bits per heavy atom. The van der Waals surface area contributed by atoms with E-state index >= 15 is 0 Å². The Labute approximate surface area is 108 Å². The summed E-state index contributed by atoms with van der Waals surface area (Å²) in [4.78, 5) is 11.5. The molecule has 0 aliphatic carbocycles. The first-order chi connectivity index (χ1) is 8.65. The van der Waals surface area contributed by atoms with E-state index < -0.39 is 0 Å². The molecule has 0 aliphatic rings. The van der Waals surface area contributed by atoms with Crippen LogP contribution in [-0.4, -0.2) is 15.0 Å². The van der Waals surface area contributed by atoms with Crippen LogP contribution in [0.5, 0.6) is 0 Å². The lowest BCUT2D eigenvalue weighted by Gasteiger charge is -2.04. The summed E-state index contributed by atoms with van der Waals surface area (Å²) in [5, 5.41) is 1.18. The second-order valence-electron chi connectivity index (χ2n) is 3.98. The molecule has 0 saturated heterocycles. The molecule has 0 fully saturated rings. The molecule has 0 bridgehead atoms. The number of aromatic nitrogens is 3. The van der Waals surface area contributed by atoms with Crippen LogP contribution in [0.3, 0.4) is 0 Å². The van der Waals surface area contributed by atoms with Crippen molar-refractivity contribution in [3.63, 3.8) is 0 Å². The van der Waals surface area contributed by atoms with Gasteiger partial charge in [0.25, 0.3) is 0 Å².